The standard InChI is InChI=1S/C25H29ClFNO5/c1-25(2,3)33-24(30)28-13-12-16-14-17(32-15-19-20(26)6-5-7-21(19)27)8-9-18(16)22(28)10-11-23(29)31-4/h5-9,14,22H,10-13,15H2,1-4H3/t22-/m0/s1. The average Bonchev–Trinajstić information content (AvgIpc) is 2.75. The van der Waals surface area contributed by atoms with Crippen LogP contribution < -0.4 is 4.74 Å². The monoisotopic (exact) mass is 477 g/mol. The van der Waals surface area contributed by atoms with Gasteiger partial charge in [-0.2, -0.15) is 0 Å². The van der Waals surface area contributed by atoms with E-state index >= 15 is 0 Å². The Kier molecular flexibility index (Phi) is 7.84. The van der Waals surface area contributed by atoms with E-state index in [1.165, 1.54) is 13.2 Å². The zero-order valence-electron chi connectivity index (χ0n) is 19.3. The minimum atomic E-state index is -0.629. The number of hydrogen-bond donors (Lipinski definition) is 0. The van der Waals surface area contributed by atoms with Gasteiger partial charge in [-0.25, -0.2) is 9.18 Å². The van der Waals surface area contributed by atoms with Crippen molar-refractivity contribution >= 4 is 23.7 Å². The molecule has 0 aliphatic carbocycles. The molecule has 0 bridgehead atoms. The quantitative estimate of drug-likeness (QED) is 0.488. The molecule has 3 rings (SSSR count). The number of amides is 1. The van der Waals surface area contributed by atoms with Gasteiger partial charge in [-0.3, -0.25) is 4.79 Å². The topological polar surface area (TPSA) is 65.1 Å². The Morgan fingerprint density at radius 3 is 2.64 bits per heavy atom. The van der Waals surface area contributed by atoms with Crippen molar-refractivity contribution < 1.29 is 28.2 Å². The summed E-state index contributed by atoms with van der Waals surface area (Å²) in [7, 11) is 1.34. The summed E-state index contributed by atoms with van der Waals surface area (Å²) in [4.78, 5) is 26.3. The number of nitrogens with zero attached hydrogens (tertiary/aromatic N) is 1. The third kappa shape index (κ3) is 6.38. The number of carbonyl (C=O) groups excluding carboxylic acids is 2. The maximum atomic E-state index is 14.0. The van der Waals surface area contributed by atoms with Gasteiger partial charge in [0.05, 0.1) is 18.2 Å². The van der Waals surface area contributed by atoms with Crippen molar-refractivity contribution in [2.75, 3.05) is 13.7 Å². The van der Waals surface area contributed by atoms with Gasteiger partial charge in [0.25, 0.3) is 0 Å². The number of carbonyl (C=O) groups is 2. The molecule has 2 aromatic carbocycles. The van der Waals surface area contributed by atoms with Crippen molar-refractivity contribution in [1.82, 2.24) is 4.90 Å². The molecule has 0 spiro atoms. The Balaban J connectivity index is 1.81. The third-order valence-electron chi connectivity index (χ3n) is 5.39. The van der Waals surface area contributed by atoms with Gasteiger partial charge in [-0.1, -0.05) is 23.7 Å². The van der Waals surface area contributed by atoms with Crippen molar-refractivity contribution in [2.45, 2.75) is 58.3 Å². The van der Waals surface area contributed by atoms with E-state index in [4.69, 9.17) is 25.8 Å². The van der Waals surface area contributed by atoms with E-state index in [0.717, 1.165) is 11.1 Å². The number of esters is 1. The lowest BCUT2D eigenvalue weighted by Gasteiger charge is -2.38. The zero-order valence-corrected chi connectivity index (χ0v) is 20.1. The van der Waals surface area contributed by atoms with E-state index in [9.17, 15) is 14.0 Å². The summed E-state index contributed by atoms with van der Waals surface area (Å²) in [5.74, 6) is -0.185. The number of benzene rings is 2. The summed E-state index contributed by atoms with van der Waals surface area (Å²) >= 11 is 6.09. The summed E-state index contributed by atoms with van der Waals surface area (Å²) in [6, 6.07) is 9.72. The number of ether oxygens (including phenoxy) is 3. The first-order valence-electron chi connectivity index (χ1n) is 10.8. The van der Waals surface area contributed by atoms with Crippen LogP contribution in [0, 0.1) is 5.82 Å². The molecule has 1 atom stereocenters. The van der Waals surface area contributed by atoms with Crippen LogP contribution in [0.3, 0.4) is 0 Å². The van der Waals surface area contributed by atoms with Crippen LogP contribution in [-0.2, 0) is 27.3 Å². The first-order valence-corrected chi connectivity index (χ1v) is 11.2. The normalized spacial score (nSPS) is 15.6. The molecule has 1 aliphatic rings. The lowest BCUT2D eigenvalue weighted by molar-refractivity contribution is -0.141. The Morgan fingerprint density at radius 2 is 1.97 bits per heavy atom. The molecule has 6 nitrogen and oxygen atoms in total. The highest BCUT2D eigenvalue weighted by Gasteiger charge is 2.34. The van der Waals surface area contributed by atoms with Crippen LogP contribution in [0.1, 0.15) is 56.3 Å². The molecule has 0 saturated heterocycles. The van der Waals surface area contributed by atoms with Crippen molar-refractivity contribution in [3.8, 4) is 5.75 Å². The SMILES string of the molecule is COC(=O)CC[C@H]1c2ccc(OCc3c(F)cccc3Cl)cc2CCN1C(=O)OC(C)(C)C. The molecule has 1 heterocycles. The minimum absolute atomic E-state index is 0.0000954. The molecule has 1 amide bonds. The highest BCUT2D eigenvalue weighted by Crippen LogP contribution is 2.36. The molecule has 2 aromatic rings. The van der Waals surface area contributed by atoms with Crippen molar-refractivity contribution in [3.05, 3.63) is 63.9 Å². The van der Waals surface area contributed by atoms with Crippen LogP contribution in [0.15, 0.2) is 36.4 Å². The minimum Gasteiger partial charge on any atom is -0.489 e. The van der Waals surface area contributed by atoms with Crippen molar-refractivity contribution in [1.29, 1.82) is 0 Å². The molecule has 0 aromatic heterocycles. The van der Waals surface area contributed by atoms with Crippen molar-refractivity contribution in [3.63, 3.8) is 0 Å². The Labute approximate surface area is 198 Å². The second kappa shape index (κ2) is 10.4. The van der Waals surface area contributed by atoms with Gasteiger partial charge >= 0.3 is 12.1 Å². The largest absolute Gasteiger partial charge is 0.489 e. The molecule has 0 unspecified atom stereocenters. The molecule has 1 aliphatic heterocycles. The van der Waals surface area contributed by atoms with E-state index in [-0.39, 0.29) is 25.0 Å². The molecule has 0 saturated carbocycles. The first kappa shape index (κ1) is 24.8. The van der Waals surface area contributed by atoms with E-state index in [1.807, 2.05) is 32.9 Å². The van der Waals surface area contributed by atoms with Gasteiger partial charge in [-0.05, 0) is 69.0 Å². The summed E-state index contributed by atoms with van der Waals surface area (Å²) in [6.45, 7) is 5.89. The smallest absolute Gasteiger partial charge is 0.410 e. The predicted molar refractivity (Wildman–Crippen MR) is 123 cm³/mol. The van der Waals surface area contributed by atoms with Crippen LogP contribution in [0.25, 0.3) is 0 Å². The molecule has 33 heavy (non-hydrogen) atoms. The van der Waals surface area contributed by atoms with E-state index < -0.39 is 17.5 Å². The third-order valence-corrected chi connectivity index (χ3v) is 5.75. The Morgan fingerprint density at radius 1 is 1.21 bits per heavy atom. The van der Waals surface area contributed by atoms with Gasteiger partial charge in [0.15, 0.2) is 0 Å². The summed E-state index contributed by atoms with van der Waals surface area (Å²) < 4.78 is 30.2. The van der Waals surface area contributed by atoms with E-state index in [2.05, 4.69) is 0 Å². The van der Waals surface area contributed by atoms with Crippen molar-refractivity contribution in [2.24, 2.45) is 0 Å². The molecule has 0 N–H and O–H groups in total. The molecule has 0 radical (unpaired) electrons. The van der Waals surface area contributed by atoms with Crippen LogP contribution in [-0.4, -0.2) is 36.2 Å². The lowest BCUT2D eigenvalue weighted by Crippen LogP contribution is -2.43. The van der Waals surface area contributed by atoms with Crippen LogP contribution in [0.2, 0.25) is 5.02 Å². The Bertz CT molecular complexity index is 1000. The molecular formula is C25H29ClFNO5. The predicted octanol–water partition coefficient (Wildman–Crippen LogP) is 5.85. The number of halogens is 2. The van der Waals surface area contributed by atoms with E-state index in [0.29, 0.717) is 35.7 Å². The van der Waals surface area contributed by atoms with Crippen LogP contribution in [0.5, 0.6) is 5.75 Å². The maximum absolute atomic E-state index is 14.0. The fourth-order valence-electron chi connectivity index (χ4n) is 3.81. The second-order valence-corrected chi connectivity index (χ2v) is 9.31. The fraction of sp³-hybridized carbons (Fsp3) is 0.440. The van der Waals surface area contributed by atoms with Gasteiger partial charge in [0, 0.05) is 18.5 Å². The number of methoxy groups -OCH3 is 1. The lowest BCUT2D eigenvalue weighted by atomic mass is 9.90. The summed E-state index contributed by atoms with van der Waals surface area (Å²) in [5.41, 5.74) is 1.59. The second-order valence-electron chi connectivity index (χ2n) is 8.90. The maximum Gasteiger partial charge on any atom is 0.410 e. The summed E-state index contributed by atoms with van der Waals surface area (Å²) in [5, 5.41) is 0.309. The van der Waals surface area contributed by atoms with Crippen LogP contribution in [0.4, 0.5) is 9.18 Å². The van der Waals surface area contributed by atoms with Gasteiger partial charge < -0.3 is 19.1 Å². The average molecular weight is 478 g/mol. The van der Waals surface area contributed by atoms with Crippen LogP contribution >= 0.6 is 11.6 Å². The van der Waals surface area contributed by atoms with Gasteiger partial charge in [-0.15, -0.1) is 0 Å². The first-order chi connectivity index (χ1) is 15.6. The fourth-order valence-corrected chi connectivity index (χ4v) is 4.03. The molecule has 178 valence electrons. The molecular weight excluding hydrogens is 449 g/mol. The number of hydrogen-bond acceptors (Lipinski definition) is 5. The summed E-state index contributed by atoms with van der Waals surface area (Å²) in [6.07, 6.45) is 0.756. The molecule has 0 fully saturated rings. The molecule has 8 heteroatoms. The number of fused-ring (bicyclic) bond motifs is 1. The van der Waals surface area contributed by atoms with E-state index in [1.54, 1.807) is 23.1 Å². The van der Waals surface area contributed by atoms with Gasteiger partial charge in [0.2, 0.25) is 0 Å². The highest BCUT2D eigenvalue weighted by atomic mass is 35.5. The van der Waals surface area contributed by atoms with Gasteiger partial charge in [0.1, 0.15) is 23.8 Å². The number of rotatable bonds is 6. The zero-order chi connectivity index (χ0) is 24.2. The highest BCUT2D eigenvalue weighted by molar-refractivity contribution is 6.31. The Hall–Kier alpha value is -2.80.